The highest BCUT2D eigenvalue weighted by Gasteiger charge is 2.41. The predicted molar refractivity (Wildman–Crippen MR) is 133 cm³/mol. The van der Waals surface area contributed by atoms with Crippen LogP contribution in [0.4, 0.5) is 0 Å². The Bertz CT molecular complexity index is 1310. The van der Waals surface area contributed by atoms with Gasteiger partial charge in [-0.15, -0.1) is 11.3 Å². The number of fused-ring (bicyclic) bond motifs is 3. The molecule has 0 aliphatic heterocycles. The van der Waals surface area contributed by atoms with Crippen molar-refractivity contribution in [2.24, 2.45) is 11.8 Å². The molecule has 3 unspecified atom stereocenters. The molecule has 2 aliphatic carbocycles. The normalized spacial score (nSPS) is 22.3. The van der Waals surface area contributed by atoms with Crippen molar-refractivity contribution in [3.63, 3.8) is 0 Å². The molecule has 2 aromatic carbocycles. The van der Waals surface area contributed by atoms with E-state index < -0.39 is 10.0 Å². The summed E-state index contributed by atoms with van der Waals surface area (Å²) in [6, 6.07) is 18.7. The summed E-state index contributed by atoms with van der Waals surface area (Å²) in [7, 11) is -3.59. The maximum atomic E-state index is 12.9. The molecule has 1 fully saturated rings. The zero-order chi connectivity index (χ0) is 23.0. The van der Waals surface area contributed by atoms with Crippen molar-refractivity contribution in [2.45, 2.75) is 35.9 Å². The topological polar surface area (TPSA) is 63.2 Å². The first-order valence-electron chi connectivity index (χ1n) is 11.1. The Morgan fingerprint density at radius 1 is 0.970 bits per heavy atom. The molecular weight excluding hydrogens is 474 g/mol. The molecule has 4 nitrogen and oxygen atoms in total. The lowest BCUT2D eigenvalue weighted by Crippen LogP contribution is -2.41. The molecule has 33 heavy (non-hydrogen) atoms. The van der Waals surface area contributed by atoms with Crippen molar-refractivity contribution in [1.82, 2.24) is 4.72 Å². The molecule has 3 atom stereocenters. The summed E-state index contributed by atoms with van der Waals surface area (Å²) in [5.41, 5.74) is 4.18. The highest BCUT2D eigenvalue weighted by Crippen LogP contribution is 2.41. The lowest BCUT2D eigenvalue weighted by molar-refractivity contribution is 0.104. The van der Waals surface area contributed by atoms with Gasteiger partial charge in [0.1, 0.15) is 4.21 Å². The highest BCUT2D eigenvalue weighted by atomic mass is 35.5. The lowest BCUT2D eigenvalue weighted by Gasteiger charge is -2.23. The van der Waals surface area contributed by atoms with Crippen LogP contribution >= 0.6 is 22.9 Å². The third-order valence-electron chi connectivity index (χ3n) is 6.71. The minimum absolute atomic E-state index is 0.0206. The number of nitrogens with one attached hydrogen (secondary N) is 1. The molecule has 170 valence electrons. The zero-order valence-corrected chi connectivity index (χ0v) is 20.3. The number of halogens is 1. The Hall–Kier alpha value is -2.25. The second-order valence-corrected chi connectivity index (χ2v) is 12.5. The first-order chi connectivity index (χ1) is 15.9. The molecule has 1 N–H and O–H groups in total. The minimum atomic E-state index is -3.59. The summed E-state index contributed by atoms with van der Waals surface area (Å²) in [5.74, 6) is 0.516. The number of rotatable bonds is 6. The van der Waals surface area contributed by atoms with Gasteiger partial charge in [0, 0.05) is 11.6 Å². The van der Waals surface area contributed by atoms with Gasteiger partial charge in [-0.05, 0) is 72.4 Å². The van der Waals surface area contributed by atoms with Gasteiger partial charge >= 0.3 is 0 Å². The van der Waals surface area contributed by atoms with E-state index in [0.29, 0.717) is 9.90 Å². The Balaban J connectivity index is 1.34. The summed E-state index contributed by atoms with van der Waals surface area (Å²) >= 11 is 7.05. The maximum Gasteiger partial charge on any atom is 0.250 e. The monoisotopic (exact) mass is 497 g/mol. The summed E-state index contributed by atoms with van der Waals surface area (Å²) in [6.45, 7) is 0. The minimum Gasteiger partial charge on any atom is -0.289 e. The van der Waals surface area contributed by atoms with E-state index in [1.807, 2.05) is 42.5 Å². The van der Waals surface area contributed by atoms with Crippen molar-refractivity contribution in [1.29, 1.82) is 0 Å². The second-order valence-electron chi connectivity index (χ2n) is 8.80. The molecule has 5 rings (SSSR count). The van der Waals surface area contributed by atoms with Crippen molar-refractivity contribution in [2.75, 3.05) is 0 Å². The van der Waals surface area contributed by atoms with Gasteiger partial charge < -0.3 is 0 Å². The summed E-state index contributed by atoms with van der Waals surface area (Å²) < 4.78 is 29.6. The van der Waals surface area contributed by atoms with Crippen LogP contribution in [0.2, 0.25) is 4.34 Å². The summed E-state index contributed by atoms with van der Waals surface area (Å²) in [4.78, 5) is 12.4. The fourth-order valence-electron chi connectivity index (χ4n) is 5.08. The van der Waals surface area contributed by atoms with Gasteiger partial charge in [0.2, 0.25) is 10.0 Å². The number of allylic oxidation sites excluding steroid dienone is 1. The Morgan fingerprint density at radius 3 is 2.39 bits per heavy atom. The van der Waals surface area contributed by atoms with Gasteiger partial charge in [-0.3, -0.25) is 4.79 Å². The number of hydrogen-bond acceptors (Lipinski definition) is 4. The van der Waals surface area contributed by atoms with Crippen LogP contribution in [0.5, 0.6) is 0 Å². The number of benzene rings is 2. The van der Waals surface area contributed by atoms with E-state index in [0.717, 1.165) is 42.6 Å². The van der Waals surface area contributed by atoms with E-state index >= 15 is 0 Å². The van der Waals surface area contributed by atoms with Gasteiger partial charge in [-0.2, -0.15) is 0 Å². The number of sulfonamides is 1. The van der Waals surface area contributed by atoms with Crippen molar-refractivity contribution in [3.8, 4) is 0 Å². The van der Waals surface area contributed by atoms with Crippen molar-refractivity contribution >= 4 is 44.8 Å². The van der Waals surface area contributed by atoms with E-state index in [-0.39, 0.29) is 27.9 Å². The van der Waals surface area contributed by atoms with Gasteiger partial charge in [0.25, 0.3) is 0 Å². The fraction of sp³-hybridized carbons (Fsp3) is 0.269. The van der Waals surface area contributed by atoms with Crippen LogP contribution in [0.25, 0.3) is 6.08 Å². The molecule has 7 heteroatoms. The van der Waals surface area contributed by atoms with Gasteiger partial charge in [-0.1, -0.05) is 66.2 Å². The van der Waals surface area contributed by atoms with Crippen LogP contribution in [0.3, 0.4) is 0 Å². The van der Waals surface area contributed by atoms with Gasteiger partial charge in [-0.25, -0.2) is 13.1 Å². The molecular formula is C26H24ClNO3S2. The number of hydrogen-bond donors (Lipinski definition) is 1. The first-order valence-corrected chi connectivity index (χ1v) is 13.7. The zero-order valence-electron chi connectivity index (χ0n) is 17.9. The molecule has 2 bridgehead atoms. The standard InChI is InChI=1S/C26H24ClNO3S2/c27-24-12-13-25(32-24)33(30,31)28-26-20-9-10-21(26)16-22-14-17(6-8-19(22)15-20)7-11-23(29)18-4-2-1-3-5-18/h1-8,11-14,20-21,26,28H,9-10,15-16H2. The van der Waals surface area contributed by atoms with E-state index in [1.165, 1.54) is 11.1 Å². The highest BCUT2D eigenvalue weighted by molar-refractivity contribution is 7.91. The molecule has 0 spiro atoms. The lowest BCUT2D eigenvalue weighted by atomic mass is 9.92. The van der Waals surface area contributed by atoms with E-state index in [2.05, 4.69) is 16.9 Å². The molecule has 0 radical (unpaired) electrons. The summed E-state index contributed by atoms with van der Waals surface area (Å²) in [5, 5.41) is 0. The molecule has 1 saturated carbocycles. The van der Waals surface area contributed by atoms with Crippen LogP contribution in [0.15, 0.2) is 70.9 Å². The fourth-order valence-corrected chi connectivity index (χ4v) is 7.95. The number of thiophene rings is 1. The smallest absolute Gasteiger partial charge is 0.250 e. The van der Waals surface area contributed by atoms with Crippen LogP contribution in [-0.2, 0) is 22.9 Å². The SMILES string of the molecule is O=C(C=Cc1ccc2c(c1)CC1CCC(C2)C1NS(=O)(=O)c1ccc(Cl)s1)c1ccccc1. The second kappa shape index (κ2) is 9.18. The van der Waals surface area contributed by atoms with Crippen molar-refractivity contribution in [3.05, 3.63) is 93.3 Å². The summed E-state index contributed by atoms with van der Waals surface area (Å²) in [6.07, 6.45) is 7.20. The molecule has 3 aromatic rings. The molecule has 2 aliphatic rings. The van der Waals surface area contributed by atoms with Crippen LogP contribution in [0, 0.1) is 11.8 Å². The Labute approximate surface area is 203 Å². The average molecular weight is 498 g/mol. The van der Waals surface area contributed by atoms with Crippen molar-refractivity contribution < 1.29 is 13.2 Å². The van der Waals surface area contributed by atoms with Gasteiger partial charge in [0.15, 0.2) is 5.78 Å². The maximum absolute atomic E-state index is 12.9. The Morgan fingerprint density at radius 2 is 1.70 bits per heavy atom. The molecule has 1 heterocycles. The average Bonchev–Trinajstić information content (AvgIpc) is 3.36. The predicted octanol–water partition coefficient (Wildman–Crippen LogP) is 5.77. The molecule has 0 saturated heterocycles. The molecule has 0 amide bonds. The number of ketones is 1. The first kappa shape index (κ1) is 22.5. The Kier molecular flexibility index (Phi) is 6.27. The van der Waals surface area contributed by atoms with E-state index in [4.69, 9.17) is 11.6 Å². The van der Waals surface area contributed by atoms with Crippen LogP contribution in [0.1, 0.15) is 39.9 Å². The van der Waals surface area contributed by atoms with E-state index in [9.17, 15) is 13.2 Å². The van der Waals surface area contributed by atoms with E-state index in [1.54, 1.807) is 18.2 Å². The number of carbonyl (C=O) groups is 1. The van der Waals surface area contributed by atoms with Crippen LogP contribution in [-0.4, -0.2) is 20.2 Å². The van der Waals surface area contributed by atoms with Gasteiger partial charge in [0.05, 0.1) is 4.34 Å². The number of carbonyl (C=O) groups excluding carboxylic acids is 1. The quantitative estimate of drug-likeness (QED) is 0.347. The third kappa shape index (κ3) is 4.85. The van der Waals surface area contributed by atoms with Crippen LogP contribution < -0.4 is 4.72 Å². The third-order valence-corrected chi connectivity index (χ3v) is 9.89. The largest absolute Gasteiger partial charge is 0.289 e. The molecule has 1 aromatic heterocycles.